The van der Waals surface area contributed by atoms with Crippen LogP contribution in [0.4, 0.5) is 16.2 Å². The Morgan fingerprint density at radius 3 is 1.98 bits per heavy atom. The number of hydrogen-bond acceptors (Lipinski definition) is 6. The number of imide groups is 2. The summed E-state index contributed by atoms with van der Waals surface area (Å²) in [5, 5.41) is 2.41. The predicted molar refractivity (Wildman–Crippen MR) is 178 cm³/mol. The summed E-state index contributed by atoms with van der Waals surface area (Å²) in [4.78, 5) is 44.3. The van der Waals surface area contributed by atoms with Gasteiger partial charge in [-0.2, -0.15) is 0 Å². The average molecular weight is 614 g/mol. The summed E-state index contributed by atoms with van der Waals surface area (Å²) < 4.78 is 11.1. The number of barbiturate groups is 1. The quantitative estimate of drug-likeness (QED) is 0.186. The second kappa shape index (κ2) is 12.2. The molecule has 232 valence electrons. The lowest BCUT2D eigenvalue weighted by molar-refractivity contribution is -0.122. The Kier molecular flexibility index (Phi) is 7.78. The van der Waals surface area contributed by atoms with Crippen LogP contribution in [0.5, 0.6) is 11.5 Å². The fourth-order valence-electron chi connectivity index (χ4n) is 7.08. The van der Waals surface area contributed by atoms with Crippen LogP contribution >= 0.6 is 0 Å². The van der Waals surface area contributed by atoms with E-state index in [4.69, 9.17) is 9.47 Å². The first kappa shape index (κ1) is 29.3. The summed E-state index contributed by atoms with van der Waals surface area (Å²) in [5.74, 6) is -0.194. The molecule has 4 aromatic carbocycles. The highest BCUT2D eigenvalue weighted by Gasteiger charge is 2.40. The molecule has 0 bridgehead atoms. The molecular formula is C38H35N3O5. The smallest absolute Gasteiger partial charge is 0.335 e. The van der Waals surface area contributed by atoms with Gasteiger partial charge in [-0.1, -0.05) is 66.7 Å². The first-order chi connectivity index (χ1) is 22.5. The first-order valence-electron chi connectivity index (χ1n) is 15.7. The minimum atomic E-state index is -0.764. The van der Waals surface area contributed by atoms with Crippen LogP contribution in [0.15, 0.2) is 96.6 Å². The van der Waals surface area contributed by atoms with Gasteiger partial charge in [0.2, 0.25) is 0 Å². The third-order valence-corrected chi connectivity index (χ3v) is 9.16. The van der Waals surface area contributed by atoms with Crippen molar-refractivity contribution in [1.29, 1.82) is 0 Å². The van der Waals surface area contributed by atoms with Crippen molar-refractivity contribution in [1.82, 2.24) is 5.32 Å². The number of nitrogens with one attached hydrogen (secondary N) is 1. The fraction of sp³-hybridized carbons (Fsp3) is 0.237. The molecule has 0 saturated carbocycles. The summed E-state index contributed by atoms with van der Waals surface area (Å²) >= 11 is 0. The van der Waals surface area contributed by atoms with Crippen LogP contribution in [0.3, 0.4) is 0 Å². The lowest BCUT2D eigenvalue weighted by Gasteiger charge is -2.44. The third kappa shape index (κ3) is 5.19. The molecule has 0 spiro atoms. The monoisotopic (exact) mass is 613 g/mol. The van der Waals surface area contributed by atoms with E-state index in [1.165, 1.54) is 22.9 Å². The molecule has 1 saturated heterocycles. The van der Waals surface area contributed by atoms with Gasteiger partial charge in [0.15, 0.2) is 11.5 Å². The Bertz CT molecular complexity index is 1780. The van der Waals surface area contributed by atoms with E-state index in [9.17, 15) is 14.4 Å². The van der Waals surface area contributed by atoms with Gasteiger partial charge in [0, 0.05) is 30.6 Å². The number of anilines is 2. The van der Waals surface area contributed by atoms with E-state index < -0.39 is 17.8 Å². The van der Waals surface area contributed by atoms with E-state index in [0.29, 0.717) is 29.4 Å². The molecule has 46 heavy (non-hydrogen) atoms. The van der Waals surface area contributed by atoms with Crippen molar-refractivity contribution in [3.63, 3.8) is 0 Å². The number of methoxy groups -OCH3 is 1. The van der Waals surface area contributed by atoms with E-state index >= 15 is 0 Å². The highest BCUT2D eigenvalue weighted by molar-refractivity contribution is 6.39. The molecule has 0 radical (unpaired) electrons. The number of carbonyl (C=O) groups excluding carboxylic acids is 3. The predicted octanol–water partition coefficient (Wildman–Crippen LogP) is 6.64. The summed E-state index contributed by atoms with van der Waals surface area (Å²) in [6, 6.07) is 29.1. The first-order valence-corrected chi connectivity index (χ1v) is 15.7. The van der Waals surface area contributed by atoms with Crippen molar-refractivity contribution in [3.8, 4) is 11.5 Å². The minimum absolute atomic E-state index is 0.0940. The van der Waals surface area contributed by atoms with Crippen molar-refractivity contribution >= 4 is 35.3 Å². The Hall–Kier alpha value is -5.37. The molecular weight excluding hydrogens is 578 g/mol. The van der Waals surface area contributed by atoms with Crippen molar-refractivity contribution in [2.45, 2.75) is 31.6 Å². The highest BCUT2D eigenvalue weighted by atomic mass is 16.5. The maximum atomic E-state index is 14.1. The number of rotatable bonds is 7. The maximum Gasteiger partial charge on any atom is 0.335 e. The van der Waals surface area contributed by atoms with E-state index in [2.05, 4.69) is 34.5 Å². The molecule has 3 aliphatic heterocycles. The number of benzene rings is 4. The molecule has 8 nitrogen and oxygen atoms in total. The molecule has 4 aromatic rings. The molecule has 0 aliphatic carbocycles. The van der Waals surface area contributed by atoms with Crippen LogP contribution in [0.25, 0.3) is 6.08 Å². The second-order valence-electron chi connectivity index (χ2n) is 11.8. The molecule has 1 N–H and O–H groups in total. The van der Waals surface area contributed by atoms with Crippen LogP contribution in [0.1, 0.15) is 59.4 Å². The number of nitrogens with zero attached hydrogens (tertiary/aromatic N) is 2. The van der Waals surface area contributed by atoms with Gasteiger partial charge >= 0.3 is 6.03 Å². The maximum absolute atomic E-state index is 14.1. The number of ether oxygens (including phenoxy) is 2. The van der Waals surface area contributed by atoms with Crippen LogP contribution in [0.2, 0.25) is 0 Å². The van der Waals surface area contributed by atoms with Crippen molar-refractivity contribution in [3.05, 3.63) is 124 Å². The summed E-state index contributed by atoms with van der Waals surface area (Å²) in [5.41, 5.74) is 6.62. The highest BCUT2D eigenvalue weighted by Crippen LogP contribution is 2.50. The van der Waals surface area contributed by atoms with E-state index in [1.807, 2.05) is 55.5 Å². The van der Waals surface area contributed by atoms with Crippen LogP contribution in [-0.4, -0.2) is 44.7 Å². The Morgan fingerprint density at radius 1 is 0.804 bits per heavy atom. The summed E-state index contributed by atoms with van der Waals surface area (Å²) in [6.45, 7) is 4.14. The Labute approximate surface area is 268 Å². The van der Waals surface area contributed by atoms with E-state index in [-0.39, 0.29) is 17.4 Å². The van der Waals surface area contributed by atoms with Gasteiger partial charge in [0.1, 0.15) is 5.57 Å². The second-order valence-corrected chi connectivity index (χ2v) is 11.8. The zero-order valence-electron chi connectivity index (χ0n) is 25.9. The third-order valence-electron chi connectivity index (χ3n) is 9.16. The molecule has 7 rings (SSSR count). The lowest BCUT2D eigenvalue weighted by atomic mass is 9.76. The van der Waals surface area contributed by atoms with Gasteiger partial charge in [-0.25, -0.2) is 9.69 Å². The Balaban J connectivity index is 1.36. The van der Waals surface area contributed by atoms with Crippen LogP contribution in [-0.2, 0) is 9.59 Å². The van der Waals surface area contributed by atoms with Gasteiger partial charge in [0.05, 0.1) is 19.4 Å². The topological polar surface area (TPSA) is 88.2 Å². The van der Waals surface area contributed by atoms with Crippen LogP contribution in [0, 0.1) is 0 Å². The zero-order chi connectivity index (χ0) is 31.8. The molecule has 1 fully saturated rings. The largest absolute Gasteiger partial charge is 0.493 e. The van der Waals surface area contributed by atoms with Crippen molar-refractivity contribution in [2.75, 3.05) is 36.6 Å². The SMILES string of the molecule is CCOc1cc(/C=C2\C(=O)NC(=O)N(c3cc4c5c(c3)[C@H](c3ccccc3)CCN5CC[C@@H]4c3ccccc3)C2=O)ccc1OC. The van der Waals surface area contributed by atoms with Gasteiger partial charge in [-0.15, -0.1) is 0 Å². The summed E-state index contributed by atoms with van der Waals surface area (Å²) in [7, 11) is 1.55. The van der Waals surface area contributed by atoms with Gasteiger partial charge < -0.3 is 14.4 Å². The number of amides is 4. The molecule has 0 unspecified atom stereocenters. The van der Waals surface area contributed by atoms with Crippen molar-refractivity contribution < 1.29 is 23.9 Å². The number of carbonyl (C=O) groups is 3. The summed E-state index contributed by atoms with van der Waals surface area (Å²) in [6.07, 6.45) is 3.32. The molecule has 4 amide bonds. The van der Waals surface area contributed by atoms with Gasteiger partial charge in [-0.3, -0.25) is 14.9 Å². The lowest BCUT2D eigenvalue weighted by Crippen LogP contribution is -2.54. The molecule has 2 atom stereocenters. The Morgan fingerprint density at radius 2 is 1.41 bits per heavy atom. The van der Waals surface area contributed by atoms with E-state index in [1.54, 1.807) is 25.3 Å². The van der Waals surface area contributed by atoms with Gasteiger partial charge in [-0.05, 0) is 77.9 Å². The molecule has 8 heteroatoms. The van der Waals surface area contributed by atoms with Crippen molar-refractivity contribution in [2.24, 2.45) is 0 Å². The minimum Gasteiger partial charge on any atom is -0.493 e. The van der Waals surface area contributed by atoms with E-state index in [0.717, 1.165) is 42.0 Å². The number of urea groups is 1. The van der Waals surface area contributed by atoms with Gasteiger partial charge in [0.25, 0.3) is 11.8 Å². The molecule has 0 aromatic heterocycles. The average Bonchev–Trinajstić information content (AvgIpc) is 3.08. The zero-order valence-corrected chi connectivity index (χ0v) is 25.9. The molecule has 3 aliphatic rings. The molecule has 3 heterocycles. The fourth-order valence-corrected chi connectivity index (χ4v) is 7.08. The van der Waals surface area contributed by atoms with Crippen LogP contribution < -0.4 is 24.6 Å². The normalized spacial score (nSPS) is 20.0. The number of hydrogen-bond donors (Lipinski definition) is 1. The standard InChI is InChI=1S/C38H35N3O5/c1-3-46-34-21-24(14-15-33(34)45-2)20-32-36(42)39-38(44)41(37(32)43)27-22-30-28(25-10-6-4-7-11-25)16-18-40-19-17-29(31(23-27)35(30)40)26-12-8-5-9-13-26/h4-15,20-23,28-29H,3,16-19H2,1-2H3,(H,39,42,44)/b32-20+/t28-,29+.